The average Bonchev–Trinajstić information content (AvgIpc) is 3.20. The molecule has 2 N–H and O–H groups in total. The van der Waals surface area contributed by atoms with E-state index >= 15 is 0 Å². The largest absolute Gasteiger partial charge is 0.480 e. The molecule has 0 bridgehead atoms. The summed E-state index contributed by atoms with van der Waals surface area (Å²) in [6, 6.07) is 8.11. The Hall–Kier alpha value is -2.12. The van der Waals surface area contributed by atoms with Crippen molar-refractivity contribution in [2.24, 2.45) is 0 Å². The maximum atomic E-state index is 12.5. The number of aromatic amines is 1. The fourth-order valence-corrected chi connectivity index (χ4v) is 5.68. The third-order valence-corrected chi connectivity index (χ3v) is 7.22. The Labute approximate surface area is 164 Å². The molecule has 2 heterocycles. The molecular weight excluding hydrogens is 380 g/mol. The van der Waals surface area contributed by atoms with E-state index in [0.717, 1.165) is 47.0 Å². The number of nitrogens with one attached hydrogen (secondary N) is 1. The van der Waals surface area contributed by atoms with E-state index in [1.165, 1.54) is 10.4 Å². The number of H-pyrrole nitrogens is 1. The molecule has 1 aliphatic carbocycles. The highest BCUT2D eigenvalue weighted by atomic mass is 32.2. The van der Waals surface area contributed by atoms with Gasteiger partial charge in [0, 0.05) is 4.88 Å². The van der Waals surface area contributed by atoms with Gasteiger partial charge in [-0.3, -0.25) is 9.59 Å². The number of carboxylic acids is 1. The Morgan fingerprint density at radius 2 is 2.11 bits per heavy atom. The number of thiophene rings is 1. The van der Waals surface area contributed by atoms with Crippen molar-refractivity contribution in [3.63, 3.8) is 0 Å². The van der Waals surface area contributed by atoms with Crippen LogP contribution in [-0.2, 0) is 24.1 Å². The molecule has 2 aromatic heterocycles. The summed E-state index contributed by atoms with van der Waals surface area (Å²) in [5.41, 5.74) is 3.28. The zero-order valence-corrected chi connectivity index (χ0v) is 16.6. The number of fused-ring (bicyclic) bond motifs is 3. The molecular formula is C20H20N2O3S2. The lowest BCUT2D eigenvalue weighted by Gasteiger charge is -2.11. The third kappa shape index (κ3) is 3.80. The van der Waals surface area contributed by atoms with Crippen molar-refractivity contribution in [3.8, 4) is 0 Å². The van der Waals surface area contributed by atoms with Crippen molar-refractivity contribution >= 4 is 39.3 Å². The molecule has 140 valence electrons. The van der Waals surface area contributed by atoms with Crippen LogP contribution in [0.25, 0.3) is 10.2 Å². The van der Waals surface area contributed by atoms with Gasteiger partial charge >= 0.3 is 5.97 Å². The molecule has 0 aliphatic heterocycles. The standard InChI is InChI=1S/C20H20N2O3S2/c1-11-5-7-12(8-6-11)9-10-15(19(24)25)27-20-21-17(23)16-13-3-2-4-14(13)26-18(16)22-20/h5-8,15H,2-4,9-10H2,1H3,(H,24,25)(H,21,22,23). The minimum atomic E-state index is -0.886. The lowest BCUT2D eigenvalue weighted by molar-refractivity contribution is -0.136. The van der Waals surface area contributed by atoms with E-state index in [0.29, 0.717) is 23.4 Å². The SMILES string of the molecule is Cc1ccc(CCC(Sc2nc3sc4c(c3c(=O)[nH]2)CCC4)C(=O)O)cc1. The monoisotopic (exact) mass is 400 g/mol. The first-order valence-electron chi connectivity index (χ1n) is 9.01. The molecule has 1 aromatic carbocycles. The van der Waals surface area contributed by atoms with Crippen LogP contribution in [-0.4, -0.2) is 26.3 Å². The molecule has 1 unspecified atom stereocenters. The van der Waals surface area contributed by atoms with Gasteiger partial charge in [0.1, 0.15) is 10.1 Å². The fourth-order valence-electron chi connectivity index (χ4n) is 3.46. The molecule has 7 heteroatoms. The number of aryl methyl sites for hydroxylation is 4. The fraction of sp³-hybridized carbons (Fsp3) is 0.350. The van der Waals surface area contributed by atoms with Gasteiger partial charge in [-0.25, -0.2) is 4.98 Å². The number of benzene rings is 1. The molecule has 4 rings (SSSR count). The Kier molecular flexibility index (Phi) is 5.06. The summed E-state index contributed by atoms with van der Waals surface area (Å²) in [5, 5.41) is 10.0. The van der Waals surface area contributed by atoms with Gasteiger partial charge in [-0.1, -0.05) is 41.6 Å². The van der Waals surface area contributed by atoms with Gasteiger partial charge in [-0.2, -0.15) is 0 Å². The van der Waals surface area contributed by atoms with Gasteiger partial charge in [0.2, 0.25) is 0 Å². The summed E-state index contributed by atoms with van der Waals surface area (Å²) >= 11 is 2.70. The minimum absolute atomic E-state index is 0.149. The molecule has 0 amide bonds. The maximum Gasteiger partial charge on any atom is 0.317 e. The number of thioether (sulfide) groups is 1. The van der Waals surface area contributed by atoms with Crippen molar-refractivity contribution in [1.82, 2.24) is 9.97 Å². The zero-order chi connectivity index (χ0) is 19.0. The van der Waals surface area contributed by atoms with Crippen molar-refractivity contribution < 1.29 is 9.90 Å². The molecule has 0 saturated heterocycles. The number of rotatable bonds is 6. The molecule has 5 nitrogen and oxygen atoms in total. The molecule has 27 heavy (non-hydrogen) atoms. The van der Waals surface area contributed by atoms with Gasteiger partial charge in [0.25, 0.3) is 5.56 Å². The van der Waals surface area contributed by atoms with Gasteiger partial charge in [-0.05, 0) is 50.2 Å². The van der Waals surface area contributed by atoms with Gasteiger partial charge in [0.15, 0.2) is 5.16 Å². The smallest absolute Gasteiger partial charge is 0.317 e. The quantitative estimate of drug-likeness (QED) is 0.483. The predicted molar refractivity (Wildman–Crippen MR) is 109 cm³/mol. The van der Waals surface area contributed by atoms with E-state index in [-0.39, 0.29) is 5.56 Å². The van der Waals surface area contributed by atoms with Crippen LogP contribution in [0.1, 0.15) is 34.4 Å². The van der Waals surface area contributed by atoms with Crippen LogP contribution in [0.5, 0.6) is 0 Å². The van der Waals surface area contributed by atoms with Gasteiger partial charge in [0.05, 0.1) is 5.39 Å². The summed E-state index contributed by atoms with van der Waals surface area (Å²) in [6.07, 6.45) is 4.18. The first-order chi connectivity index (χ1) is 13.0. The van der Waals surface area contributed by atoms with Crippen molar-refractivity contribution in [2.75, 3.05) is 0 Å². The number of nitrogens with zero attached hydrogens (tertiary/aromatic N) is 1. The lowest BCUT2D eigenvalue weighted by Crippen LogP contribution is -2.19. The number of carboxylic acid groups (broad SMARTS) is 1. The molecule has 0 radical (unpaired) electrons. The summed E-state index contributed by atoms with van der Waals surface area (Å²) in [4.78, 5) is 33.6. The van der Waals surface area contributed by atoms with E-state index in [9.17, 15) is 14.7 Å². The number of hydrogen-bond acceptors (Lipinski definition) is 5. The highest BCUT2D eigenvalue weighted by Gasteiger charge is 2.24. The highest BCUT2D eigenvalue weighted by molar-refractivity contribution is 8.00. The second kappa shape index (κ2) is 7.48. The molecule has 1 aliphatic rings. The number of aromatic nitrogens is 2. The number of aliphatic carboxylic acids is 1. The Morgan fingerprint density at radius 1 is 1.33 bits per heavy atom. The third-order valence-electron chi connectivity index (χ3n) is 4.90. The number of carbonyl (C=O) groups is 1. The van der Waals surface area contributed by atoms with Crippen LogP contribution < -0.4 is 5.56 Å². The van der Waals surface area contributed by atoms with Crippen LogP contribution in [0.3, 0.4) is 0 Å². The highest BCUT2D eigenvalue weighted by Crippen LogP contribution is 2.35. The van der Waals surface area contributed by atoms with Crippen molar-refractivity contribution in [1.29, 1.82) is 0 Å². The second-order valence-electron chi connectivity index (χ2n) is 6.88. The van der Waals surface area contributed by atoms with Crippen LogP contribution in [0.15, 0.2) is 34.2 Å². The average molecular weight is 401 g/mol. The zero-order valence-electron chi connectivity index (χ0n) is 14.9. The summed E-state index contributed by atoms with van der Waals surface area (Å²) in [7, 11) is 0. The molecule has 0 spiro atoms. The van der Waals surface area contributed by atoms with Crippen LogP contribution in [0.4, 0.5) is 0 Å². The normalized spacial score (nSPS) is 14.4. The van der Waals surface area contributed by atoms with E-state index in [2.05, 4.69) is 9.97 Å². The number of hydrogen-bond donors (Lipinski definition) is 2. The second-order valence-corrected chi connectivity index (χ2v) is 9.15. The summed E-state index contributed by atoms with van der Waals surface area (Å²) in [5.74, 6) is -0.886. The van der Waals surface area contributed by atoms with E-state index in [4.69, 9.17) is 0 Å². The first kappa shape index (κ1) is 18.3. The Balaban J connectivity index is 1.54. The predicted octanol–water partition coefficient (Wildman–Crippen LogP) is 3.96. The first-order valence-corrected chi connectivity index (χ1v) is 10.7. The van der Waals surface area contributed by atoms with E-state index in [1.807, 2.05) is 31.2 Å². The lowest BCUT2D eigenvalue weighted by atomic mass is 10.1. The Bertz CT molecular complexity index is 1050. The molecule has 1 atom stereocenters. The summed E-state index contributed by atoms with van der Waals surface area (Å²) < 4.78 is 0. The Morgan fingerprint density at radius 3 is 2.85 bits per heavy atom. The summed E-state index contributed by atoms with van der Waals surface area (Å²) in [6.45, 7) is 2.03. The molecule has 0 saturated carbocycles. The van der Waals surface area contributed by atoms with Crippen molar-refractivity contribution in [3.05, 3.63) is 56.2 Å². The molecule has 3 aromatic rings. The van der Waals surface area contributed by atoms with E-state index < -0.39 is 11.2 Å². The topological polar surface area (TPSA) is 83.0 Å². The van der Waals surface area contributed by atoms with Crippen molar-refractivity contribution in [2.45, 2.75) is 49.4 Å². The maximum absolute atomic E-state index is 12.5. The van der Waals surface area contributed by atoms with Crippen LogP contribution >= 0.6 is 23.1 Å². The minimum Gasteiger partial charge on any atom is -0.480 e. The van der Waals surface area contributed by atoms with Crippen LogP contribution in [0.2, 0.25) is 0 Å². The van der Waals surface area contributed by atoms with Gasteiger partial charge in [-0.15, -0.1) is 11.3 Å². The van der Waals surface area contributed by atoms with Gasteiger partial charge < -0.3 is 10.1 Å². The molecule has 0 fully saturated rings. The van der Waals surface area contributed by atoms with Crippen LogP contribution in [0, 0.1) is 6.92 Å². The van der Waals surface area contributed by atoms with E-state index in [1.54, 1.807) is 11.3 Å².